The molecule has 1 rings (SSSR count). The van der Waals surface area contributed by atoms with Crippen LogP contribution in [-0.2, 0) is 9.53 Å². The molecule has 4 nitrogen and oxygen atoms in total. The topological polar surface area (TPSA) is 66.8 Å². The summed E-state index contributed by atoms with van der Waals surface area (Å²) in [7, 11) is 0. The van der Waals surface area contributed by atoms with Gasteiger partial charge in [0.15, 0.2) is 0 Å². The van der Waals surface area contributed by atoms with E-state index in [4.69, 9.17) is 4.74 Å². The molecule has 0 unspecified atom stereocenters. The number of hydrogen-bond donors (Lipinski definition) is 2. The number of unbranched alkanes of at least 4 members (excludes halogenated alkanes) is 2. The van der Waals surface area contributed by atoms with Crippen molar-refractivity contribution in [3.63, 3.8) is 0 Å². The normalized spacial score (nSPS) is 17.3. The van der Waals surface area contributed by atoms with Crippen LogP contribution in [0.2, 0.25) is 0 Å². The van der Waals surface area contributed by atoms with Crippen LogP contribution >= 0.6 is 0 Å². The Kier molecular flexibility index (Phi) is 7.27. The molecule has 1 aliphatic rings. The monoisotopic (exact) mass is 322 g/mol. The molecule has 0 heterocycles. The SMILES string of the molecule is CCCCC=C=C1CCC(CO)(CO)C=C1C(C)(C)OC(C)=O. The largest absolute Gasteiger partial charge is 0.455 e. The lowest BCUT2D eigenvalue weighted by Gasteiger charge is -2.38. The fraction of sp³-hybridized carbons (Fsp3) is 0.684. The Hall–Kier alpha value is -1.35. The Morgan fingerprint density at radius 1 is 1.43 bits per heavy atom. The molecule has 0 saturated carbocycles. The summed E-state index contributed by atoms with van der Waals surface area (Å²) >= 11 is 0. The predicted octanol–water partition coefficient (Wildman–Crippen LogP) is 3.29. The molecule has 130 valence electrons. The van der Waals surface area contributed by atoms with Crippen molar-refractivity contribution in [3.8, 4) is 0 Å². The third-order valence-corrected chi connectivity index (χ3v) is 4.30. The number of aliphatic hydroxyl groups excluding tert-OH is 2. The van der Waals surface area contributed by atoms with E-state index in [1.165, 1.54) is 6.92 Å². The zero-order valence-corrected chi connectivity index (χ0v) is 14.8. The van der Waals surface area contributed by atoms with Crippen molar-refractivity contribution in [2.75, 3.05) is 13.2 Å². The average molecular weight is 322 g/mol. The molecule has 0 aliphatic heterocycles. The second-order valence-corrected chi connectivity index (χ2v) is 6.81. The Morgan fingerprint density at radius 2 is 2.09 bits per heavy atom. The number of carbonyl (C=O) groups is 1. The van der Waals surface area contributed by atoms with E-state index in [1.54, 1.807) is 0 Å². The van der Waals surface area contributed by atoms with E-state index < -0.39 is 11.0 Å². The Labute approximate surface area is 139 Å². The number of aliphatic hydroxyl groups is 2. The minimum atomic E-state index is -0.817. The van der Waals surface area contributed by atoms with Gasteiger partial charge in [-0.3, -0.25) is 4.79 Å². The fourth-order valence-corrected chi connectivity index (χ4v) is 2.88. The molecule has 0 aromatic heterocycles. The molecule has 4 heteroatoms. The fourth-order valence-electron chi connectivity index (χ4n) is 2.88. The first-order chi connectivity index (χ1) is 10.8. The molecule has 0 amide bonds. The summed E-state index contributed by atoms with van der Waals surface area (Å²) in [4.78, 5) is 11.4. The molecular formula is C19H30O4. The number of rotatable bonds is 7. The van der Waals surface area contributed by atoms with Crippen LogP contribution in [0.25, 0.3) is 0 Å². The Morgan fingerprint density at radius 3 is 2.61 bits per heavy atom. The summed E-state index contributed by atoms with van der Waals surface area (Å²) in [6.07, 6.45) is 8.46. The maximum absolute atomic E-state index is 11.4. The van der Waals surface area contributed by atoms with Gasteiger partial charge in [0, 0.05) is 23.5 Å². The van der Waals surface area contributed by atoms with Crippen molar-refractivity contribution in [2.45, 2.75) is 65.4 Å². The lowest BCUT2D eigenvalue weighted by atomic mass is 9.72. The van der Waals surface area contributed by atoms with E-state index >= 15 is 0 Å². The third kappa shape index (κ3) is 5.35. The quantitative estimate of drug-likeness (QED) is 0.429. The van der Waals surface area contributed by atoms with Gasteiger partial charge in [-0.15, -0.1) is 5.73 Å². The van der Waals surface area contributed by atoms with E-state index in [0.717, 1.165) is 30.4 Å². The molecule has 0 radical (unpaired) electrons. The van der Waals surface area contributed by atoms with Gasteiger partial charge in [0.25, 0.3) is 0 Å². The van der Waals surface area contributed by atoms with Crippen molar-refractivity contribution in [2.24, 2.45) is 5.41 Å². The van der Waals surface area contributed by atoms with E-state index in [2.05, 4.69) is 12.7 Å². The number of hydrogen-bond acceptors (Lipinski definition) is 4. The lowest BCUT2D eigenvalue weighted by Crippen LogP contribution is -2.37. The smallest absolute Gasteiger partial charge is 0.303 e. The van der Waals surface area contributed by atoms with Crippen LogP contribution in [0.15, 0.2) is 29.0 Å². The first-order valence-corrected chi connectivity index (χ1v) is 8.39. The van der Waals surface area contributed by atoms with Crippen molar-refractivity contribution < 1.29 is 19.7 Å². The summed E-state index contributed by atoms with van der Waals surface area (Å²) in [5.41, 5.74) is 3.68. The molecule has 1 aliphatic carbocycles. The summed E-state index contributed by atoms with van der Waals surface area (Å²) < 4.78 is 5.47. The Balaban J connectivity index is 3.26. The molecule has 23 heavy (non-hydrogen) atoms. The van der Waals surface area contributed by atoms with Gasteiger partial charge in [-0.05, 0) is 45.6 Å². The highest BCUT2D eigenvalue weighted by Gasteiger charge is 2.38. The number of carbonyl (C=O) groups excluding carboxylic acids is 1. The number of esters is 1. The van der Waals surface area contributed by atoms with Crippen LogP contribution in [0, 0.1) is 5.41 Å². The highest BCUT2D eigenvalue weighted by atomic mass is 16.6. The zero-order chi connectivity index (χ0) is 17.5. The zero-order valence-electron chi connectivity index (χ0n) is 14.8. The molecule has 0 spiro atoms. The van der Waals surface area contributed by atoms with Crippen molar-refractivity contribution in [3.05, 3.63) is 29.0 Å². The predicted molar refractivity (Wildman–Crippen MR) is 90.9 cm³/mol. The van der Waals surface area contributed by atoms with Crippen molar-refractivity contribution in [1.82, 2.24) is 0 Å². The molecule has 2 N–H and O–H groups in total. The van der Waals surface area contributed by atoms with Crippen LogP contribution in [0.4, 0.5) is 0 Å². The molecule has 0 aromatic rings. The molecule has 0 bridgehead atoms. The van der Waals surface area contributed by atoms with Gasteiger partial charge in [0.05, 0.1) is 13.2 Å². The minimum Gasteiger partial charge on any atom is -0.455 e. The maximum atomic E-state index is 11.4. The first-order valence-electron chi connectivity index (χ1n) is 8.39. The van der Waals surface area contributed by atoms with Gasteiger partial charge in [-0.1, -0.05) is 19.4 Å². The van der Waals surface area contributed by atoms with Gasteiger partial charge in [0.1, 0.15) is 5.60 Å². The average Bonchev–Trinajstić information content (AvgIpc) is 2.50. The molecule has 0 saturated heterocycles. The van der Waals surface area contributed by atoms with Gasteiger partial charge < -0.3 is 14.9 Å². The van der Waals surface area contributed by atoms with E-state index in [-0.39, 0.29) is 19.2 Å². The maximum Gasteiger partial charge on any atom is 0.303 e. The van der Waals surface area contributed by atoms with Gasteiger partial charge in [-0.2, -0.15) is 0 Å². The highest BCUT2D eigenvalue weighted by Crippen LogP contribution is 2.41. The van der Waals surface area contributed by atoms with Crippen LogP contribution < -0.4 is 0 Å². The van der Waals surface area contributed by atoms with E-state index in [1.807, 2.05) is 26.0 Å². The molecule has 0 aromatic carbocycles. The summed E-state index contributed by atoms with van der Waals surface area (Å²) in [6.45, 7) is 6.94. The van der Waals surface area contributed by atoms with Crippen molar-refractivity contribution in [1.29, 1.82) is 0 Å². The first kappa shape index (κ1) is 19.7. The second kappa shape index (κ2) is 8.49. The molecule has 0 fully saturated rings. The summed E-state index contributed by atoms with van der Waals surface area (Å²) in [5, 5.41) is 19.4. The van der Waals surface area contributed by atoms with Gasteiger partial charge in [0.2, 0.25) is 0 Å². The van der Waals surface area contributed by atoms with Crippen LogP contribution in [0.5, 0.6) is 0 Å². The van der Waals surface area contributed by atoms with Crippen LogP contribution in [0.3, 0.4) is 0 Å². The van der Waals surface area contributed by atoms with Gasteiger partial charge in [-0.25, -0.2) is 0 Å². The lowest BCUT2D eigenvalue weighted by molar-refractivity contribution is -0.150. The number of ether oxygens (including phenoxy) is 1. The summed E-state index contributed by atoms with van der Waals surface area (Å²) in [5.74, 6) is -0.352. The highest BCUT2D eigenvalue weighted by molar-refractivity contribution is 5.67. The van der Waals surface area contributed by atoms with E-state index in [9.17, 15) is 15.0 Å². The molecule has 0 atom stereocenters. The summed E-state index contributed by atoms with van der Waals surface area (Å²) in [6, 6.07) is 0. The standard InChI is InChI=1S/C19H30O4/c1-5-6-7-8-9-16-10-11-19(13-20,14-21)12-17(16)18(3,4)23-15(2)22/h8,12,20-21H,5-7,10-11,13-14H2,1-4H3. The van der Waals surface area contributed by atoms with Crippen LogP contribution in [0.1, 0.15) is 59.8 Å². The van der Waals surface area contributed by atoms with Gasteiger partial charge >= 0.3 is 5.97 Å². The second-order valence-electron chi connectivity index (χ2n) is 6.81. The third-order valence-electron chi connectivity index (χ3n) is 4.30. The van der Waals surface area contributed by atoms with E-state index in [0.29, 0.717) is 12.8 Å². The Bertz CT molecular complexity index is 503. The molecular weight excluding hydrogens is 292 g/mol. The van der Waals surface area contributed by atoms with Crippen molar-refractivity contribution >= 4 is 5.97 Å². The van der Waals surface area contributed by atoms with Crippen LogP contribution in [-0.4, -0.2) is 35.0 Å². The minimum absolute atomic E-state index is 0.129.